The molecule has 0 radical (unpaired) electrons. The Morgan fingerprint density at radius 1 is 1.21 bits per heavy atom. The molecule has 0 bridgehead atoms. The topological polar surface area (TPSA) is 21.3 Å². The van der Waals surface area contributed by atoms with E-state index in [-0.39, 0.29) is 11.9 Å². The summed E-state index contributed by atoms with van der Waals surface area (Å²) in [6, 6.07) is 12.5. The van der Waals surface area contributed by atoms with Crippen molar-refractivity contribution in [2.75, 3.05) is 14.2 Å². The maximum absolute atomic E-state index is 13.2. The minimum atomic E-state index is -0.254. The van der Waals surface area contributed by atoms with E-state index >= 15 is 0 Å². The Kier molecular flexibility index (Phi) is 4.56. The van der Waals surface area contributed by atoms with E-state index in [9.17, 15) is 4.39 Å². The third-order valence-electron chi connectivity index (χ3n) is 2.99. The van der Waals surface area contributed by atoms with E-state index in [1.54, 1.807) is 13.2 Å². The number of hydrogen-bond donors (Lipinski definition) is 1. The van der Waals surface area contributed by atoms with Crippen molar-refractivity contribution >= 4 is 15.9 Å². The van der Waals surface area contributed by atoms with E-state index in [1.807, 2.05) is 31.3 Å². The van der Waals surface area contributed by atoms with Crippen molar-refractivity contribution in [3.8, 4) is 5.75 Å². The second-order valence-corrected chi connectivity index (χ2v) is 5.02. The van der Waals surface area contributed by atoms with E-state index in [0.29, 0.717) is 0 Å². The number of benzene rings is 2. The van der Waals surface area contributed by atoms with Crippen LogP contribution in [0.2, 0.25) is 0 Å². The molecule has 1 atom stereocenters. The molecule has 0 aliphatic carbocycles. The predicted molar refractivity (Wildman–Crippen MR) is 78.0 cm³/mol. The van der Waals surface area contributed by atoms with Crippen LogP contribution in [0.5, 0.6) is 5.75 Å². The molecule has 2 rings (SSSR count). The monoisotopic (exact) mass is 323 g/mol. The lowest BCUT2D eigenvalue weighted by Gasteiger charge is -2.19. The summed E-state index contributed by atoms with van der Waals surface area (Å²) in [6.07, 6.45) is 0. The first-order chi connectivity index (χ1) is 9.15. The van der Waals surface area contributed by atoms with Crippen LogP contribution in [0, 0.1) is 5.82 Å². The molecule has 0 heterocycles. The fraction of sp³-hybridized carbons (Fsp3) is 0.200. The van der Waals surface area contributed by atoms with Crippen LogP contribution >= 0.6 is 15.9 Å². The Labute approximate surface area is 120 Å². The zero-order valence-electron chi connectivity index (χ0n) is 10.8. The largest absolute Gasteiger partial charge is 0.497 e. The first kappa shape index (κ1) is 14.0. The molecular weight excluding hydrogens is 309 g/mol. The zero-order chi connectivity index (χ0) is 13.8. The maximum atomic E-state index is 13.2. The Morgan fingerprint density at radius 2 is 2.00 bits per heavy atom. The second-order valence-electron chi connectivity index (χ2n) is 4.16. The molecule has 1 N–H and O–H groups in total. The van der Waals surface area contributed by atoms with Gasteiger partial charge in [-0.25, -0.2) is 4.39 Å². The lowest BCUT2D eigenvalue weighted by atomic mass is 9.98. The van der Waals surface area contributed by atoms with Gasteiger partial charge < -0.3 is 10.1 Å². The number of halogens is 2. The van der Waals surface area contributed by atoms with Gasteiger partial charge in [0.15, 0.2) is 0 Å². The molecule has 2 aromatic rings. The van der Waals surface area contributed by atoms with Gasteiger partial charge in [0.25, 0.3) is 0 Å². The van der Waals surface area contributed by atoms with Gasteiger partial charge in [0, 0.05) is 4.47 Å². The zero-order valence-corrected chi connectivity index (χ0v) is 12.4. The highest BCUT2D eigenvalue weighted by atomic mass is 79.9. The van der Waals surface area contributed by atoms with Crippen molar-refractivity contribution in [1.82, 2.24) is 5.32 Å². The van der Waals surface area contributed by atoms with Crippen LogP contribution in [0.4, 0.5) is 4.39 Å². The highest BCUT2D eigenvalue weighted by Gasteiger charge is 2.15. The van der Waals surface area contributed by atoms with Gasteiger partial charge in [-0.2, -0.15) is 0 Å². The summed E-state index contributed by atoms with van der Waals surface area (Å²) >= 11 is 3.41. The van der Waals surface area contributed by atoms with E-state index < -0.39 is 0 Å². The fourth-order valence-electron chi connectivity index (χ4n) is 2.06. The van der Waals surface area contributed by atoms with Crippen LogP contribution in [0.1, 0.15) is 17.2 Å². The maximum Gasteiger partial charge on any atom is 0.124 e. The first-order valence-corrected chi connectivity index (χ1v) is 6.71. The third-order valence-corrected chi connectivity index (χ3v) is 3.68. The molecule has 0 aliphatic heterocycles. The number of ether oxygens (including phenoxy) is 1. The van der Waals surface area contributed by atoms with Crippen LogP contribution in [0.25, 0.3) is 0 Å². The number of nitrogens with one attached hydrogen (secondary N) is 1. The molecule has 19 heavy (non-hydrogen) atoms. The molecule has 2 nitrogen and oxygen atoms in total. The number of methoxy groups -OCH3 is 1. The van der Waals surface area contributed by atoms with E-state index in [1.165, 1.54) is 12.1 Å². The molecule has 0 amide bonds. The highest BCUT2D eigenvalue weighted by molar-refractivity contribution is 9.10. The second kappa shape index (κ2) is 6.17. The van der Waals surface area contributed by atoms with Crippen molar-refractivity contribution in [3.63, 3.8) is 0 Å². The van der Waals surface area contributed by atoms with Crippen molar-refractivity contribution in [1.29, 1.82) is 0 Å². The Bertz CT molecular complexity index is 574. The van der Waals surface area contributed by atoms with Crippen molar-refractivity contribution in [2.24, 2.45) is 0 Å². The van der Waals surface area contributed by atoms with E-state index in [0.717, 1.165) is 21.3 Å². The molecule has 0 aliphatic rings. The molecule has 4 heteroatoms. The summed E-state index contributed by atoms with van der Waals surface area (Å²) in [5, 5.41) is 3.24. The predicted octanol–water partition coefficient (Wildman–Crippen LogP) is 3.91. The normalized spacial score (nSPS) is 12.2. The van der Waals surface area contributed by atoms with Crippen molar-refractivity contribution < 1.29 is 9.13 Å². The molecule has 2 aromatic carbocycles. The van der Waals surface area contributed by atoms with Gasteiger partial charge in [0.05, 0.1) is 13.2 Å². The highest BCUT2D eigenvalue weighted by Crippen LogP contribution is 2.30. The Hall–Kier alpha value is -1.39. The van der Waals surface area contributed by atoms with E-state index in [2.05, 4.69) is 21.2 Å². The first-order valence-electron chi connectivity index (χ1n) is 5.92. The van der Waals surface area contributed by atoms with Gasteiger partial charge in [-0.05, 0) is 42.4 Å². The fourth-order valence-corrected chi connectivity index (χ4v) is 2.64. The molecule has 0 aromatic heterocycles. The number of hydrogen-bond acceptors (Lipinski definition) is 2. The van der Waals surface area contributed by atoms with Gasteiger partial charge in [0.2, 0.25) is 0 Å². The van der Waals surface area contributed by atoms with Gasteiger partial charge in [0.1, 0.15) is 11.6 Å². The van der Waals surface area contributed by atoms with E-state index in [4.69, 9.17) is 4.74 Å². The van der Waals surface area contributed by atoms with Crippen LogP contribution in [-0.2, 0) is 0 Å². The average molecular weight is 324 g/mol. The Morgan fingerprint density at radius 3 is 2.63 bits per heavy atom. The summed E-state index contributed by atoms with van der Waals surface area (Å²) in [7, 11) is 3.52. The minimum Gasteiger partial charge on any atom is -0.497 e. The summed E-state index contributed by atoms with van der Waals surface area (Å²) < 4.78 is 19.1. The average Bonchev–Trinajstić information content (AvgIpc) is 2.42. The molecule has 100 valence electrons. The Balaban J connectivity index is 2.43. The van der Waals surface area contributed by atoms with Crippen molar-refractivity contribution in [3.05, 3.63) is 63.9 Å². The standard InChI is InChI=1S/C15H15BrFNO/c1-18-15(10-4-3-5-12(8-10)19-2)13-7-6-11(17)9-14(13)16/h3-9,15,18H,1-2H3. The quantitative estimate of drug-likeness (QED) is 0.921. The molecule has 0 saturated heterocycles. The molecule has 0 fully saturated rings. The van der Waals surface area contributed by atoms with Crippen molar-refractivity contribution in [2.45, 2.75) is 6.04 Å². The molecule has 0 saturated carbocycles. The smallest absolute Gasteiger partial charge is 0.124 e. The summed E-state index contributed by atoms with van der Waals surface area (Å²) in [5.41, 5.74) is 2.05. The van der Waals surface area contributed by atoms with Crippen LogP contribution in [0.15, 0.2) is 46.9 Å². The summed E-state index contributed by atoms with van der Waals surface area (Å²) in [6.45, 7) is 0. The summed E-state index contributed by atoms with van der Waals surface area (Å²) in [4.78, 5) is 0. The van der Waals surface area contributed by atoms with Crippen LogP contribution < -0.4 is 10.1 Å². The van der Waals surface area contributed by atoms with Crippen LogP contribution in [-0.4, -0.2) is 14.2 Å². The van der Waals surface area contributed by atoms with Crippen LogP contribution in [0.3, 0.4) is 0 Å². The third kappa shape index (κ3) is 3.14. The van der Waals surface area contributed by atoms with Gasteiger partial charge in [-0.15, -0.1) is 0 Å². The lowest BCUT2D eigenvalue weighted by molar-refractivity contribution is 0.413. The lowest BCUT2D eigenvalue weighted by Crippen LogP contribution is -2.18. The minimum absolute atomic E-state index is 0.0231. The van der Waals surface area contributed by atoms with Gasteiger partial charge in [-0.1, -0.05) is 34.1 Å². The summed E-state index contributed by atoms with van der Waals surface area (Å²) in [5.74, 6) is 0.548. The number of rotatable bonds is 4. The molecule has 0 spiro atoms. The SMILES string of the molecule is CNC(c1cccc(OC)c1)c1ccc(F)cc1Br. The van der Waals surface area contributed by atoms with Gasteiger partial charge >= 0.3 is 0 Å². The molecule has 1 unspecified atom stereocenters. The molecular formula is C15H15BrFNO. The van der Waals surface area contributed by atoms with Gasteiger partial charge in [-0.3, -0.25) is 0 Å².